The summed E-state index contributed by atoms with van der Waals surface area (Å²) in [5.74, 6) is -0.722. The average molecular weight is 400 g/mol. The van der Waals surface area contributed by atoms with E-state index in [1.54, 1.807) is 11.1 Å². The van der Waals surface area contributed by atoms with Gasteiger partial charge in [0, 0.05) is 6.08 Å². The maximum absolute atomic E-state index is 12.3. The number of nitrogens with one attached hydrogen (secondary N) is 1. The molecular weight excluding hydrogens is 380 g/mol. The molecule has 0 unspecified atom stereocenters. The molecule has 1 N–H and O–H groups in total. The van der Waals surface area contributed by atoms with Crippen molar-refractivity contribution in [3.63, 3.8) is 0 Å². The van der Waals surface area contributed by atoms with Crippen LogP contribution in [0.3, 0.4) is 0 Å². The molecule has 1 amide bonds. The number of amides is 1. The average Bonchev–Trinajstić information content (AvgIpc) is 2.72. The third-order valence-electron chi connectivity index (χ3n) is 3.88. The fraction of sp³-hybridized carbons (Fsp3) is 0.211. The minimum absolute atomic E-state index is 0.0284. The first-order chi connectivity index (χ1) is 13.5. The van der Waals surface area contributed by atoms with Crippen molar-refractivity contribution in [2.24, 2.45) is 10.3 Å². The maximum Gasteiger partial charge on any atom is 0.264 e. The quantitative estimate of drug-likeness (QED) is 0.593. The van der Waals surface area contributed by atoms with Crippen LogP contribution in [0, 0.1) is 0 Å². The zero-order valence-corrected chi connectivity index (χ0v) is 15.9. The Kier molecular flexibility index (Phi) is 6.51. The summed E-state index contributed by atoms with van der Waals surface area (Å²) in [6.07, 6.45) is 2.72. The van der Waals surface area contributed by atoms with Gasteiger partial charge in [-0.05, 0) is 35.9 Å². The largest absolute Gasteiger partial charge is 0.378 e. The van der Waals surface area contributed by atoms with Crippen LogP contribution in [-0.2, 0) is 19.6 Å². The predicted molar refractivity (Wildman–Crippen MR) is 104 cm³/mol. The predicted octanol–water partition coefficient (Wildman–Crippen LogP) is 2.54. The van der Waals surface area contributed by atoms with Gasteiger partial charge in [0.25, 0.3) is 15.9 Å². The molecule has 1 aliphatic rings. The Labute approximate surface area is 163 Å². The van der Waals surface area contributed by atoms with Crippen molar-refractivity contribution >= 4 is 27.7 Å². The minimum atomic E-state index is -3.97. The van der Waals surface area contributed by atoms with Crippen LogP contribution in [-0.4, -0.2) is 45.6 Å². The molecule has 28 heavy (non-hydrogen) atoms. The third-order valence-corrected chi connectivity index (χ3v) is 5.25. The highest BCUT2D eigenvalue weighted by Gasteiger charge is 2.16. The summed E-state index contributed by atoms with van der Waals surface area (Å²) in [6, 6.07) is 14.9. The topological polar surface area (TPSA) is 100 Å². The molecule has 3 rings (SSSR count). The molecule has 1 heterocycles. The smallest absolute Gasteiger partial charge is 0.264 e. The molecule has 1 aliphatic heterocycles. The second-order valence-electron chi connectivity index (χ2n) is 5.96. The van der Waals surface area contributed by atoms with E-state index in [0.29, 0.717) is 32.0 Å². The Morgan fingerprint density at radius 3 is 2.39 bits per heavy atom. The van der Waals surface area contributed by atoms with Gasteiger partial charge in [0.05, 0.1) is 36.9 Å². The van der Waals surface area contributed by atoms with Crippen molar-refractivity contribution < 1.29 is 17.9 Å². The van der Waals surface area contributed by atoms with Crippen LogP contribution in [0.15, 0.2) is 75.9 Å². The Balaban J connectivity index is 1.60. The van der Waals surface area contributed by atoms with Crippen LogP contribution >= 0.6 is 0 Å². The van der Waals surface area contributed by atoms with Crippen LogP contribution in [0.25, 0.3) is 6.08 Å². The number of sulfonamides is 1. The number of morpholine rings is 1. The van der Waals surface area contributed by atoms with Crippen molar-refractivity contribution in [1.29, 1.82) is 0 Å². The summed E-state index contributed by atoms with van der Waals surface area (Å²) in [5.41, 5.74) is 1.31. The molecule has 8 nitrogen and oxygen atoms in total. The van der Waals surface area contributed by atoms with Gasteiger partial charge in [-0.3, -0.25) is 9.80 Å². The summed E-state index contributed by atoms with van der Waals surface area (Å²) in [5, 5.41) is 9.96. The fourth-order valence-electron chi connectivity index (χ4n) is 2.41. The van der Waals surface area contributed by atoms with Crippen molar-refractivity contribution in [2.45, 2.75) is 4.90 Å². The number of nitrogens with zero attached hydrogens (tertiary/aromatic N) is 3. The van der Waals surface area contributed by atoms with E-state index in [1.165, 1.54) is 30.3 Å². The fourth-order valence-corrected chi connectivity index (χ4v) is 3.36. The lowest BCUT2D eigenvalue weighted by molar-refractivity contribution is -0.114. The van der Waals surface area contributed by atoms with Gasteiger partial charge in [0.15, 0.2) is 0 Å². The van der Waals surface area contributed by atoms with Crippen LogP contribution in [0.2, 0.25) is 0 Å². The Morgan fingerprint density at radius 1 is 1.04 bits per heavy atom. The standard InChI is InChI=1S/C19H20N4O4S/c24-19(11-6-16-4-2-1-3-5-16)21-28(25,26)18-9-7-17(8-10-18)20-22-23-12-14-27-15-13-23/h1-11H,12-15H2,(H,21,24)/b11-6+,22-20?. The molecule has 0 atom stereocenters. The van der Waals surface area contributed by atoms with Crippen LogP contribution in [0.4, 0.5) is 5.69 Å². The SMILES string of the molecule is O=C(/C=C/c1ccccc1)NS(=O)(=O)c1ccc(N=NN2CCOCC2)cc1. The zero-order chi connectivity index (χ0) is 19.8. The first kappa shape index (κ1) is 19.7. The van der Waals surface area contributed by atoms with Gasteiger partial charge in [-0.15, -0.1) is 5.11 Å². The lowest BCUT2D eigenvalue weighted by atomic mass is 10.2. The molecule has 0 radical (unpaired) electrons. The van der Waals surface area contributed by atoms with E-state index in [0.717, 1.165) is 5.56 Å². The highest BCUT2D eigenvalue weighted by molar-refractivity contribution is 7.90. The monoisotopic (exact) mass is 400 g/mol. The summed E-state index contributed by atoms with van der Waals surface area (Å²) < 4.78 is 31.9. The highest BCUT2D eigenvalue weighted by atomic mass is 32.2. The molecule has 0 aromatic heterocycles. The van der Waals surface area contributed by atoms with Gasteiger partial charge in [-0.25, -0.2) is 13.1 Å². The van der Waals surface area contributed by atoms with Crippen LogP contribution < -0.4 is 4.72 Å². The first-order valence-electron chi connectivity index (χ1n) is 8.67. The normalized spacial score (nSPS) is 15.2. The number of hydrogen-bond acceptors (Lipinski definition) is 6. The number of ether oxygens (including phenoxy) is 1. The van der Waals surface area contributed by atoms with Crippen molar-refractivity contribution in [1.82, 2.24) is 9.73 Å². The zero-order valence-electron chi connectivity index (χ0n) is 15.1. The van der Waals surface area contributed by atoms with Crippen molar-refractivity contribution in [2.75, 3.05) is 26.3 Å². The Bertz CT molecular complexity index is 951. The van der Waals surface area contributed by atoms with E-state index < -0.39 is 15.9 Å². The summed E-state index contributed by atoms with van der Waals surface area (Å²) in [4.78, 5) is 11.9. The molecule has 2 aromatic rings. The Hall–Kier alpha value is -3.04. The second kappa shape index (κ2) is 9.25. The Morgan fingerprint density at radius 2 is 1.71 bits per heavy atom. The lowest BCUT2D eigenvalue weighted by Crippen LogP contribution is -2.31. The number of benzene rings is 2. The molecule has 0 aliphatic carbocycles. The van der Waals surface area contributed by atoms with Gasteiger partial charge < -0.3 is 4.74 Å². The third kappa shape index (κ3) is 5.73. The highest BCUT2D eigenvalue weighted by Crippen LogP contribution is 2.17. The molecular formula is C19H20N4O4S. The molecule has 0 spiro atoms. The summed E-state index contributed by atoms with van der Waals surface area (Å²) in [7, 11) is -3.97. The van der Waals surface area contributed by atoms with Crippen LogP contribution in [0.1, 0.15) is 5.56 Å². The molecule has 146 valence electrons. The number of rotatable bonds is 6. The first-order valence-corrected chi connectivity index (χ1v) is 10.2. The minimum Gasteiger partial charge on any atom is -0.378 e. The molecule has 0 saturated carbocycles. The van der Waals surface area contributed by atoms with E-state index in [9.17, 15) is 13.2 Å². The molecule has 2 aromatic carbocycles. The van der Waals surface area contributed by atoms with Gasteiger partial charge in [-0.2, -0.15) is 0 Å². The summed E-state index contributed by atoms with van der Waals surface area (Å²) in [6.45, 7) is 2.54. The van der Waals surface area contributed by atoms with Gasteiger partial charge in [0.2, 0.25) is 0 Å². The number of hydrogen-bond donors (Lipinski definition) is 1. The van der Waals surface area contributed by atoms with E-state index >= 15 is 0 Å². The van der Waals surface area contributed by atoms with Crippen LogP contribution in [0.5, 0.6) is 0 Å². The van der Waals surface area contributed by atoms with E-state index in [1.807, 2.05) is 35.1 Å². The van der Waals surface area contributed by atoms with E-state index in [4.69, 9.17) is 4.74 Å². The second-order valence-corrected chi connectivity index (χ2v) is 7.65. The molecule has 1 fully saturated rings. The van der Waals surface area contributed by atoms with E-state index in [2.05, 4.69) is 10.3 Å². The molecule has 0 bridgehead atoms. The summed E-state index contributed by atoms with van der Waals surface area (Å²) >= 11 is 0. The molecule has 9 heteroatoms. The van der Waals surface area contributed by atoms with Gasteiger partial charge >= 0.3 is 0 Å². The number of carbonyl (C=O) groups is 1. The maximum atomic E-state index is 12.3. The van der Waals surface area contributed by atoms with E-state index in [-0.39, 0.29) is 4.90 Å². The lowest BCUT2D eigenvalue weighted by Gasteiger charge is -2.22. The number of carbonyl (C=O) groups excluding carboxylic acids is 1. The van der Waals surface area contributed by atoms with Crippen molar-refractivity contribution in [3.8, 4) is 0 Å². The van der Waals surface area contributed by atoms with Crippen molar-refractivity contribution in [3.05, 3.63) is 66.2 Å². The van der Waals surface area contributed by atoms with Gasteiger partial charge in [0.1, 0.15) is 0 Å². The molecule has 1 saturated heterocycles. The van der Waals surface area contributed by atoms with Gasteiger partial charge in [-0.1, -0.05) is 35.6 Å².